The van der Waals surface area contributed by atoms with Gasteiger partial charge in [-0.15, -0.1) is 16.0 Å². The van der Waals surface area contributed by atoms with Gasteiger partial charge in [-0.05, 0) is 48.6 Å². The zero-order chi connectivity index (χ0) is 28.0. The van der Waals surface area contributed by atoms with Crippen molar-refractivity contribution in [3.63, 3.8) is 0 Å². The second-order valence-corrected chi connectivity index (χ2v) is 13.7. The number of hydroxylamine groups is 2. The molecule has 1 aliphatic heterocycles. The van der Waals surface area contributed by atoms with Gasteiger partial charge in [-0.2, -0.15) is 13.5 Å². The SMILES string of the molecule is CCOCCOCCSc1ccc2c3c(cccc13)C(=O)N(OS(=O)(=O)CC13CCC(CC1=O)C3(C)C)C2O. The summed E-state index contributed by atoms with van der Waals surface area (Å²) in [5, 5.41) is 13.0. The van der Waals surface area contributed by atoms with Gasteiger partial charge in [-0.1, -0.05) is 32.0 Å². The summed E-state index contributed by atoms with van der Waals surface area (Å²) in [5.41, 5.74) is -0.901. The predicted molar refractivity (Wildman–Crippen MR) is 147 cm³/mol. The van der Waals surface area contributed by atoms with Crippen LogP contribution in [0.1, 0.15) is 62.2 Å². The molecule has 11 heteroatoms. The molecular weight excluding hydrogens is 542 g/mol. The van der Waals surface area contributed by atoms with Crippen LogP contribution in [-0.2, 0) is 28.7 Å². The van der Waals surface area contributed by atoms with E-state index >= 15 is 0 Å². The van der Waals surface area contributed by atoms with E-state index in [9.17, 15) is 23.1 Å². The van der Waals surface area contributed by atoms with Crippen LogP contribution in [0.5, 0.6) is 0 Å². The monoisotopic (exact) mass is 577 g/mol. The number of amides is 1. The largest absolute Gasteiger partial charge is 0.379 e. The number of Topliss-reactive ketones (excluding diaryl/α,β-unsaturated/α-hetero) is 1. The summed E-state index contributed by atoms with van der Waals surface area (Å²) in [7, 11) is -4.38. The van der Waals surface area contributed by atoms with Crippen LogP contribution in [0.2, 0.25) is 0 Å². The summed E-state index contributed by atoms with van der Waals surface area (Å²) < 4.78 is 42.8. The highest BCUT2D eigenvalue weighted by Crippen LogP contribution is 2.64. The van der Waals surface area contributed by atoms with Crippen LogP contribution in [0.3, 0.4) is 0 Å². The van der Waals surface area contributed by atoms with E-state index in [1.807, 2.05) is 32.9 Å². The van der Waals surface area contributed by atoms with Crippen molar-refractivity contribution < 1.29 is 36.9 Å². The number of benzene rings is 2. The number of aliphatic hydroxyl groups is 1. The molecule has 2 bridgehead atoms. The Morgan fingerprint density at radius 3 is 2.56 bits per heavy atom. The molecule has 3 unspecified atom stereocenters. The zero-order valence-electron chi connectivity index (χ0n) is 22.5. The van der Waals surface area contributed by atoms with Crippen LogP contribution in [0, 0.1) is 16.7 Å². The predicted octanol–water partition coefficient (Wildman–Crippen LogP) is 4.09. The molecule has 1 heterocycles. The van der Waals surface area contributed by atoms with Gasteiger partial charge in [-0.3, -0.25) is 9.59 Å². The summed E-state index contributed by atoms with van der Waals surface area (Å²) in [6, 6.07) is 8.72. The number of carbonyl (C=O) groups is 2. The Morgan fingerprint density at radius 2 is 1.87 bits per heavy atom. The normalized spacial score (nSPS) is 25.7. The van der Waals surface area contributed by atoms with Crippen LogP contribution in [-0.4, -0.2) is 68.2 Å². The lowest BCUT2D eigenvalue weighted by atomic mass is 9.70. The van der Waals surface area contributed by atoms with Gasteiger partial charge in [0.2, 0.25) is 0 Å². The molecule has 3 aliphatic rings. The molecule has 0 aromatic heterocycles. The van der Waals surface area contributed by atoms with Crippen molar-refractivity contribution in [2.45, 2.75) is 51.2 Å². The number of aliphatic hydroxyl groups excluding tert-OH is 1. The fourth-order valence-corrected chi connectivity index (χ4v) is 9.13. The fraction of sp³-hybridized carbons (Fsp3) is 0.571. The number of ketones is 1. The molecule has 2 fully saturated rings. The lowest BCUT2D eigenvalue weighted by molar-refractivity contribution is -0.137. The summed E-state index contributed by atoms with van der Waals surface area (Å²) in [6.45, 7) is 8.05. The maximum atomic E-state index is 13.4. The molecule has 2 aromatic rings. The molecule has 9 nitrogen and oxygen atoms in total. The van der Waals surface area contributed by atoms with Crippen molar-refractivity contribution in [3.8, 4) is 0 Å². The van der Waals surface area contributed by atoms with E-state index in [2.05, 4.69) is 0 Å². The Morgan fingerprint density at radius 1 is 1.10 bits per heavy atom. The van der Waals surface area contributed by atoms with Crippen molar-refractivity contribution in [2.24, 2.45) is 16.7 Å². The minimum Gasteiger partial charge on any atom is -0.379 e. The second kappa shape index (κ2) is 10.8. The first kappa shape index (κ1) is 28.5. The standard InChI is InChI=1S/C28H35NO8S2/c1-4-35-12-13-36-14-15-38-22-9-8-21-24-19(22)6-5-7-20(24)25(31)29(26(21)32)37-39(33,34)17-28-11-10-18(16-23(28)30)27(28,2)3/h5-9,18,26,32H,4,10-17H2,1-3H3. The number of fused-ring (bicyclic) bond motifs is 2. The molecule has 1 N–H and O–H groups in total. The molecule has 2 aliphatic carbocycles. The summed E-state index contributed by atoms with van der Waals surface area (Å²) >= 11 is 1.57. The van der Waals surface area contributed by atoms with Crippen molar-refractivity contribution in [3.05, 3.63) is 41.5 Å². The van der Waals surface area contributed by atoms with Crippen molar-refractivity contribution >= 4 is 44.3 Å². The number of carbonyl (C=O) groups excluding carboxylic acids is 2. The Hall–Kier alpha value is -2.02. The van der Waals surface area contributed by atoms with E-state index in [0.29, 0.717) is 61.0 Å². The molecule has 2 aromatic carbocycles. The minimum absolute atomic E-state index is 0.0683. The highest BCUT2D eigenvalue weighted by molar-refractivity contribution is 7.99. The van der Waals surface area contributed by atoms with Gasteiger partial charge in [0, 0.05) is 34.6 Å². The van der Waals surface area contributed by atoms with E-state index < -0.39 is 38.8 Å². The Labute approximate surface area is 233 Å². The summed E-state index contributed by atoms with van der Waals surface area (Å²) in [5.74, 6) is -0.504. The number of hydrogen-bond acceptors (Lipinski definition) is 9. The van der Waals surface area contributed by atoms with Gasteiger partial charge in [0.1, 0.15) is 5.78 Å². The van der Waals surface area contributed by atoms with Crippen molar-refractivity contribution in [1.82, 2.24) is 5.06 Å². The second-order valence-electron chi connectivity index (χ2n) is 11.0. The third-order valence-corrected chi connectivity index (χ3v) is 11.1. The number of ether oxygens (including phenoxy) is 2. The van der Waals surface area contributed by atoms with E-state index in [-0.39, 0.29) is 17.3 Å². The highest BCUT2D eigenvalue weighted by atomic mass is 32.2. The first-order valence-electron chi connectivity index (χ1n) is 13.3. The van der Waals surface area contributed by atoms with Crippen molar-refractivity contribution in [1.29, 1.82) is 0 Å². The molecular formula is C28H35NO8S2. The summed E-state index contributed by atoms with van der Waals surface area (Å²) in [6.07, 6.45) is 0.00652. The third kappa shape index (κ3) is 4.91. The average molecular weight is 578 g/mol. The van der Waals surface area contributed by atoms with E-state index in [4.69, 9.17) is 13.8 Å². The Kier molecular flexibility index (Phi) is 7.86. The number of thioether (sulfide) groups is 1. The minimum atomic E-state index is -4.38. The molecule has 2 saturated carbocycles. The lowest BCUT2D eigenvalue weighted by Crippen LogP contribution is -2.46. The zero-order valence-corrected chi connectivity index (χ0v) is 24.1. The van der Waals surface area contributed by atoms with E-state index in [1.54, 1.807) is 30.0 Å². The molecule has 0 saturated heterocycles. The van der Waals surface area contributed by atoms with Gasteiger partial charge < -0.3 is 14.6 Å². The Balaban J connectivity index is 1.34. The lowest BCUT2D eigenvalue weighted by Gasteiger charge is -2.37. The molecule has 0 radical (unpaired) electrons. The van der Waals surface area contributed by atoms with Crippen LogP contribution in [0.4, 0.5) is 0 Å². The maximum Gasteiger partial charge on any atom is 0.289 e. The van der Waals surface area contributed by atoms with Crippen LogP contribution < -0.4 is 0 Å². The van der Waals surface area contributed by atoms with Gasteiger partial charge in [0.05, 0.1) is 36.6 Å². The molecule has 39 heavy (non-hydrogen) atoms. The molecule has 212 valence electrons. The number of hydrogen-bond donors (Lipinski definition) is 1. The molecule has 5 rings (SSSR count). The number of rotatable bonds is 12. The maximum absolute atomic E-state index is 13.4. The van der Waals surface area contributed by atoms with Crippen LogP contribution in [0.15, 0.2) is 35.2 Å². The molecule has 3 atom stereocenters. The Bertz CT molecular complexity index is 1390. The van der Waals surface area contributed by atoms with Crippen molar-refractivity contribution in [2.75, 3.05) is 37.9 Å². The average Bonchev–Trinajstić information content (AvgIpc) is 3.23. The van der Waals surface area contributed by atoms with E-state index in [1.165, 1.54) is 0 Å². The molecule has 1 amide bonds. The summed E-state index contributed by atoms with van der Waals surface area (Å²) in [4.78, 5) is 27.2. The topological polar surface area (TPSA) is 119 Å². The van der Waals surface area contributed by atoms with Gasteiger partial charge in [0.25, 0.3) is 16.0 Å². The number of nitrogens with zero attached hydrogens (tertiary/aromatic N) is 1. The van der Waals surface area contributed by atoms with Crippen LogP contribution in [0.25, 0.3) is 10.8 Å². The van der Waals surface area contributed by atoms with Gasteiger partial charge >= 0.3 is 0 Å². The highest BCUT2D eigenvalue weighted by Gasteiger charge is 2.65. The first-order valence-corrected chi connectivity index (χ1v) is 15.9. The fourth-order valence-electron chi connectivity index (χ4n) is 6.49. The van der Waals surface area contributed by atoms with Crippen LogP contribution >= 0.6 is 11.8 Å². The smallest absolute Gasteiger partial charge is 0.289 e. The van der Waals surface area contributed by atoms with Gasteiger partial charge in [0.15, 0.2) is 6.23 Å². The van der Waals surface area contributed by atoms with E-state index in [0.717, 1.165) is 16.7 Å². The third-order valence-electron chi connectivity index (χ3n) is 8.78. The first-order chi connectivity index (χ1) is 18.5. The quantitative estimate of drug-likeness (QED) is 0.294. The van der Waals surface area contributed by atoms with Gasteiger partial charge in [-0.25, -0.2) is 0 Å². The molecule has 0 spiro atoms.